The molecule has 2 heterocycles. The summed E-state index contributed by atoms with van der Waals surface area (Å²) >= 11 is 1.59. The van der Waals surface area contributed by atoms with E-state index in [-0.39, 0.29) is 11.4 Å². The Kier molecular flexibility index (Phi) is 4.25. The van der Waals surface area contributed by atoms with Crippen LogP contribution in [-0.4, -0.2) is 34.8 Å². The lowest BCUT2D eigenvalue weighted by atomic mass is 9.88. The molecular formula is C17H21N3OS. The molecule has 3 rings (SSSR count). The van der Waals surface area contributed by atoms with Gasteiger partial charge < -0.3 is 10.6 Å². The second-order valence-corrected chi connectivity index (χ2v) is 7.03. The lowest BCUT2D eigenvalue weighted by molar-refractivity contribution is 0.0771. The van der Waals surface area contributed by atoms with Gasteiger partial charge in [0.15, 0.2) is 5.17 Å². The van der Waals surface area contributed by atoms with E-state index in [1.807, 2.05) is 29.2 Å². The molecule has 0 spiro atoms. The molecule has 2 N–H and O–H groups in total. The monoisotopic (exact) mass is 315 g/mol. The number of hydrogen-bond donors (Lipinski definition) is 1. The van der Waals surface area contributed by atoms with Gasteiger partial charge in [0.25, 0.3) is 5.91 Å². The Labute approximate surface area is 135 Å². The molecule has 4 nitrogen and oxygen atoms in total. The average molecular weight is 315 g/mol. The smallest absolute Gasteiger partial charge is 0.254 e. The third-order valence-corrected chi connectivity index (χ3v) is 5.07. The van der Waals surface area contributed by atoms with Gasteiger partial charge in [-0.05, 0) is 37.5 Å². The third-order valence-electron chi connectivity index (χ3n) is 4.27. The van der Waals surface area contributed by atoms with Crippen molar-refractivity contribution in [2.45, 2.75) is 25.3 Å². The fourth-order valence-corrected chi connectivity index (χ4v) is 3.86. The summed E-state index contributed by atoms with van der Waals surface area (Å²) in [6.45, 7) is 3.58. The number of rotatable bonds is 2. The Hall–Kier alpha value is -1.75. The SMILES string of the molecule is CC1(c2cccc(C(=O)N3CC=CCC3)c2)CCSC(N)=N1. The van der Waals surface area contributed by atoms with Crippen LogP contribution in [0.4, 0.5) is 0 Å². The van der Waals surface area contributed by atoms with Crippen molar-refractivity contribution < 1.29 is 4.79 Å². The lowest BCUT2D eigenvalue weighted by Gasteiger charge is -2.30. The number of nitrogens with two attached hydrogens (primary N) is 1. The van der Waals surface area contributed by atoms with Gasteiger partial charge >= 0.3 is 0 Å². The normalized spacial score (nSPS) is 25.0. The first kappa shape index (κ1) is 15.2. The number of hydrogen-bond acceptors (Lipinski definition) is 4. The number of amidine groups is 1. The van der Waals surface area contributed by atoms with Crippen molar-refractivity contribution in [2.24, 2.45) is 10.7 Å². The standard InChI is InChI=1S/C17H21N3OS/c1-17(8-11-22-16(18)19-17)14-7-5-6-13(12-14)15(21)20-9-3-2-4-10-20/h2-3,5-7,12H,4,8-11H2,1H3,(H2,18,19). The summed E-state index contributed by atoms with van der Waals surface area (Å²) in [7, 11) is 0. The molecule has 22 heavy (non-hydrogen) atoms. The molecule has 0 bridgehead atoms. The van der Waals surface area contributed by atoms with E-state index < -0.39 is 0 Å². The zero-order chi connectivity index (χ0) is 15.6. The molecule has 116 valence electrons. The Bertz CT molecular complexity index is 641. The molecule has 2 aliphatic rings. The van der Waals surface area contributed by atoms with Gasteiger partial charge in [0, 0.05) is 24.4 Å². The summed E-state index contributed by atoms with van der Waals surface area (Å²) in [5.41, 5.74) is 7.37. The first-order chi connectivity index (χ1) is 10.6. The molecule has 1 unspecified atom stereocenters. The zero-order valence-corrected chi connectivity index (χ0v) is 13.6. The molecule has 0 aromatic heterocycles. The van der Waals surface area contributed by atoms with E-state index >= 15 is 0 Å². The highest BCUT2D eigenvalue weighted by Gasteiger charge is 2.30. The van der Waals surface area contributed by atoms with Gasteiger partial charge in [-0.2, -0.15) is 0 Å². The molecule has 0 fully saturated rings. The van der Waals surface area contributed by atoms with E-state index in [0.717, 1.165) is 36.3 Å². The summed E-state index contributed by atoms with van der Waals surface area (Å²) in [5, 5.41) is 0.631. The fraction of sp³-hybridized carbons (Fsp3) is 0.412. The molecule has 2 aliphatic heterocycles. The maximum atomic E-state index is 12.6. The van der Waals surface area contributed by atoms with Gasteiger partial charge in [0.1, 0.15) is 0 Å². The Morgan fingerprint density at radius 2 is 2.27 bits per heavy atom. The average Bonchev–Trinajstić information content (AvgIpc) is 2.55. The maximum absolute atomic E-state index is 12.6. The molecule has 1 aromatic carbocycles. The largest absolute Gasteiger partial charge is 0.379 e. The molecule has 1 aromatic rings. The van der Waals surface area contributed by atoms with E-state index in [9.17, 15) is 4.79 Å². The minimum absolute atomic E-state index is 0.0944. The van der Waals surface area contributed by atoms with Crippen LogP contribution in [-0.2, 0) is 5.54 Å². The van der Waals surface area contributed by atoms with Crippen molar-refractivity contribution in [1.29, 1.82) is 0 Å². The lowest BCUT2D eigenvalue weighted by Crippen LogP contribution is -2.34. The molecular weight excluding hydrogens is 294 g/mol. The molecule has 0 saturated heterocycles. The summed E-state index contributed by atoms with van der Waals surface area (Å²) in [6, 6.07) is 7.85. The van der Waals surface area contributed by atoms with Crippen molar-refractivity contribution in [3.63, 3.8) is 0 Å². The Morgan fingerprint density at radius 1 is 1.41 bits per heavy atom. The van der Waals surface area contributed by atoms with Gasteiger partial charge in [-0.3, -0.25) is 9.79 Å². The van der Waals surface area contributed by atoms with Crippen LogP contribution in [0.15, 0.2) is 41.4 Å². The number of benzene rings is 1. The number of carbonyl (C=O) groups is 1. The van der Waals surface area contributed by atoms with Gasteiger partial charge in [0.05, 0.1) is 5.54 Å². The molecule has 1 atom stereocenters. The van der Waals surface area contributed by atoms with Crippen LogP contribution in [0.25, 0.3) is 0 Å². The second kappa shape index (κ2) is 6.16. The predicted molar refractivity (Wildman–Crippen MR) is 92.2 cm³/mol. The van der Waals surface area contributed by atoms with Gasteiger partial charge in [-0.25, -0.2) is 0 Å². The van der Waals surface area contributed by atoms with Crippen LogP contribution in [0.2, 0.25) is 0 Å². The molecule has 1 amide bonds. The van der Waals surface area contributed by atoms with Crippen molar-refractivity contribution >= 4 is 22.8 Å². The van der Waals surface area contributed by atoms with E-state index in [1.165, 1.54) is 0 Å². The molecule has 5 heteroatoms. The highest BCUT2D eigenvalue weighted by Crippen LogP contribution is 2.35. The van der Waals surface area contributed by atoms with Crippen LogP contribution in [0.3, 0.4) is 0 Å². The summed E-state index contributed by atoms with van der Waals surface area (Å²) < 4.78 is 0. The molecule has 0 aliphatic carbocycles. The van der Waals surface area contributed by atoms with Crippen LogP contribution in [0.5, 0.6) is 0 Å². The highest BCUT2D eigenvalue weighted by molar-refractivity contribution is 8.13. The first-order valence-corrected chi connectivity index (χ1v) is 8.60. The van der Waals surface area contributed by atoms with Crippen LogP contribution >= 0.6 is 11.8 Å². The summed E-state index contributed by atoms with van der Waals surface area (Å²) in [4.78, 5) is 19.1. The topological polar surface area (TPSA) is 58.7 Å². The molecule has 0 saturated carbocycles. The first-order valence-electron chi connectivity index (χ1n) is 7.61. The van der Waals surface area contributed by atoms with Gasteiger partial charge in [0.2, 0.25) is 0 Å². The number of nitrogens with zero attached hydrogens (tertiary/aromatic N) is 2. The zero-order valence-electron chi connectivity index (χ0n) is 12.8. The van der Waals surface area contributed by atoms with E-state index in [0.29, 0.717) is 11.7 Å². The van der Waals surface area contributed by atoms with E-state index in [1.54, 1.807) is 11.8 Å². The van der Waals surface area contributed by atoms with Crippen molar-refractivity contribution in [2.75, 3.05) is 18.8 Å². The Morgan fingerprint density at radius 3 is 3.00 bits per heavy atom. The quantitative estimate of drug-likeness (QED) is 0.854. The van der Waals surface area contributed by atoms with E-state index in [4.69, 9.17) is 5.73 Å². The number of carbonyl (C=O) groups excluding carboxylic acids is 1. The Balaban J connectivity index is 1.88. The predicted octanol–water partition coefficient (Wildman–Crippen LogP) is 2.76. The summed E-state index contributed by atoms with van der Waals surface area (Å²) in [5.74, 6) is 1.05. The van der Waals surface area contributed by atoms with Crippen LogP contribution < -0.4 is 5.73 Å². The van der Waals surface area contributed by atoms with Gasteiger partial charge in [-0.15, -0.1) is 0 Å². The number of amides is 1. The van der Waals surface area contributed by atoms with Crippen molar-refractivity contribution in [1.82, 2.24) is 4.90 Å². The summed E-state index contributed by atoms with van der Waals surface area (Å²) in [6.07, 6.45) is 6.04. The van der Waals surface area contributed by atoms with Crippen molar-refractivity contribution in [3.8, 4) is 0 Å². The minimum Gasteiger partial charge on any atom is -0.379 e. The maximum Gasteiger partial charge on any atom is 0.254 e. The highest BCUT2D eigenvalue weighted by atomic mass is 32.2. The van der Waals surface area contributed by atoms with Crippen molar-refractivity contribution in [3.05, 3.63) is 47.5 Å². The van der Waals surface area contributed by atoms with Crippen LogP contribution in [0.1, 0.15) is 35.7 Å². The third kappa shape index (κ3) is 3.04. The number of thioether (sulfide) groups is 1. The minimum atomic E-state index is -0.326. The molecule has 0 radical (unpaired) electrons. The van der Waals surface area contributed by atoms with Gasteiger partial charge in [-0.1, -0.05) is 36.0 Å². The fourth-order valence-electron chi connectivity index (χ4n) is 2.89. The van der Waals surface area contributed by atoms with Crippen LogP contribution in [0, 0.1) is 0 Å². The second-order valence-electron chi connectivity index (χ2n) is 5.91. The number of aliphatic imine (C=N–C) groups is 1. The van der Waals surface area contributed by atoms with E-state index in [2.05, 4.69) is 24.1 Å².